The van der Waals surface area contributed by atoms with Crippen LogP contribution in [0.2, 0.25) is 0 Å². The molecule has 4 rings (SSSR count). The van der Waals surface area contributed by atoms with Crippen molar-refractivity contribution < 1.29 is 28.2 Å². The molecule has 3 aromatic rings. The zero-order chi connectivity index (χ0) is 21.1. The summed E-state index contributed by atoms with van der Waals surface area (Å²) < 4.78 is 29.5. The van der Waals surface area contributed by atoms with Crippen LogP contribution >= 0.6 is 0 Å². The summed E-state index contributed by atoms with van der Waals surface area (Å²) in [6.07, 6.45) is 1.58. The van der Waals surface area contributed by atoms with Gasteiger partial charge in [0.05, 0.1) is 17.7 Å². The first kappa shape index (κ1) is 19.4. The Hall–Kier alpha value is -3.93. The molecule has 3 aromatic carbocycles. The molecule has 0 N–H and O–H groups in total. The lowest BCUT2D eigenvalue weighted by Crippen LogP contribution is -2.08. The van der Waals surface area contributed by atoms with Gasteiger partial charge in [0.1, 0.15) is 23.1 Å². The van der Waals surface area contributed by atoms with Crippen LogP contribution in [0, 0.1) is 5.82 Å². The van der Waals surface area contributed by atoms with Crippen molar-refractivity contribution in [2.45, 2.75) is 6.92 Å². The Morgan fingerprint density at radius 2 is 1.83 bits per heavy atom. The van der Waals surface area contributed by atoms with Crippen molar-refractivity contribution in [2.75, 3.05) is 6.61 Å². The fraction of sp³-hybridized carbons (Fsp3) is 0.0833. The number of benzene rings is 3. The second kappa shape index (κ2) is 8.21. The van der Waals surface area contributed by atoms with Crippen LogP contribution in [0.4, 0.5) is 4.39 Å². The van der Waals surface area contributed by atoms with Gasteiger partial charge in [-0.25, -0.2) is 9.18 Å². The number of fused-ring (bicyclic) bond motifs is 1. The molecule has 0 unspecified atom stereocenters. The minimum Gasteiger partial charge on any atom is -0.494 e. The fourth-order valence-corrected chi connectivity index (χ4v) is 2.99. The van der Waals surface area contributed by atoms with Gasteiger partial charge in [-0.3, -0.25) is 4.79 Å². The van der Waals surface area contributed by atoms with Crippen molar-refractivity contribution >= 4 is 17.8 Å². The molecule has 30 heavy (non-hydrogen) atoms. The van der Waals surface area contributed by atoms with Crippen molar-refractivity contribution in [3.05, 3.63) is 95.0 Å². The Morgan fingerprint density at radius 3 is 2.60 bits per heavy atom. The monoisotopic (exact) mass is 404 g/mol. The molecule has 6 heteroatoms. The largest absolute Gasteiger partial charge is 0.494 e. The Kier molecular flexibility index (Phi) is 5.30. The first-order valence-electron chi connectivity index (χ1n) is 9.32. The Morgan fingerprint density at radius 1 is 1.03 bits per heavy atom. The molecule has 0 radical (unpaired) electrons. The summed E-state index contributed by atoms with van der Waals surface area (Å²) in [6.45, 7) is 2.39. The number of rotatable bonds is 5. The number of carbonyl (C=O) groups excluding carboxylic acids is 2. The van der Waals surface area contributed by atoms with Gasteiger partial charge in [-0.1, -0.05) is 12.1 Å². The van der Waals surface area contributed by atoms with E-state index in [-0.39, 0.29) is 17.1 Å². The maximum Gasteiger partial charge on any atom is 0.343 e. The predicted molar refractivity (Wildman–Crippen MR) is 108 cm³/mol. The third-order valence-corrected chi connectivity index (χ3v) is 4.40. The molecule has 5 nitrogen and oxygen atoms in total. The molecule has 0 fully saturated rings. The normalized spacial score (nSPS) is 13.7. The zero-order valence-electron chi connectivity index (χ0n) is 16.1. The average molecular weight is 404 g/mol. The summed E-state index contributed by atoms with van der Waals surface area (Å²) in [4.78, 5) is 24.8. The molecule has 0 atom stereocenters. The third kappa shape index (κ3) is 4.07. The quantitative estimate of drug-likeness (QED) is 0.338. The number of ketones is 1. The molecular formula is C24H17FO5. The van der Waals surface area contributed by atoms with Gasteiger partial charge in [0.2, 0.25) is 5.78 Å². The van der Waals surface area contributed by atoms with Crippen LogP contribution in [0.1, 0.15) is 33.2 Å². The molecular weight excluding hydrogens is 387 g/mol. The first-order chi connectivity index (χ1) is 14.5. The van der Waals surface area contributed by atoms with Gasteiger partial charge >= 0.3 is 5.97 Å². The Bertz CT molecular complexity index is 1150. The van der Waals surface area contributed by atoms with Gasteiger partial charge < -0.3 is 14.2 Å². The van der Waals surface area contributed by atoms with Crippen LogP contribution in [0.5, 0.6) is 17.2 Å². The predicted octanol–water partition coefficient (Wildman–Crippen LogP) is 5.06. The summed E-state index contributed by atoms with van der Waals surface area (Å²) in [5, 5.41) is 0. The topological polar surface area (TPSA) is 61.8 Å². The highest BCUT2D eigenvalue weighted by molar-refractivity contribution is 6.14. The second-order valence-electron chi connectivity index (χ2n) is 6.50. The summed E-state index contributed by atoms with van der Waals surface area (Å²) in [5.74, 6) is 0.249. The van der Waals surface area contributed by atoms with Crippen molar-refractivity contribution in [2.24, 2.45) is 0 Å². The van der Waals surface area contributed by atoms with E-state index < -0.39 is 11.8 Å². The SMILES string of the molecule is CCOc1ccc2c(c1)O/C(=C\c1cccc(OC(=O)c3ccc(F)cc3)c1)C2=O. The van der Waals surface area contributed by atoms with E-state index in [1.54, 1.807) is 48.5 Å². The van der Waals surface area contributed by atoms with E-state index in [1.165, 1.54) is 24.3 Å². The fourth-order valence-electron chi connectivity index (χ4n) is 2.99. The van der Waals surface area contributed by atoms with Crippen LogP contribution in [0.25, 0.3) is 6.08 Å². The van der Waals surface area contributed by atoms with E-state index in [0.717, 1.165) is 0 Å². The maximum atomic E-state index is 13.0. The molecule has 1 heterocycles. The van der Waals surface area contributed by atoms with E-state index in [1.807, 2.05) is 6.92 Å². The number of allylic oxidation sites excluding steroid dienone is 1. The molecule has 1 aliphatic heterocycles. The molecule has 0 aliphatic carbocycles. The van der Waals surface area contributed by atoms with E-state index in [4.69, 9.17) is 14.2 Å². The molecule has 0 saturated carbocycles. The van der Waals surface area contributed by atoms with Crippen molar-refractivity contribution in [3.8, 4) is 17.2 Å². The second-order valence-corrected chi connectivity index (χ2v) is 6.50. The van der Waals surface area contributed by atoms with E-state index in [0.29, 0.717) is 35.0 Å². The molecule has 1 aliphatic rings. The molecule has 0 amide bonds. The lowest BCUT2D eigenvalue weighted by Gasteiger charge is -2.06. The summed E-state index contributed by atoms with van der Waals surface area (Å²) in [6, 6.07) is 16.8. The van der Waals surface area contributed by atoms with Crippen molar-refractivity contribution in [3.63, 3.8) is 0 Å². The minimum absolute atomic E-state index is 0.167. The smallest absolute Gasteiger partial charge is 0.343 e. The lowest BCUT2D eigenvalue weighted by molar-refractivity contribution is 0.0734. The number of ether oxygens (including phenoxy) is 3. The maximum absolute atomic E-state index is 13.0. The van der Waals surface area contributed by atoms with Gasteiger partial charge in [0.25, 0.3) is 0 Å². The lowest BCUT2D eigenvalue weighted by atomic mass is 10.1. The molecule has 0 bridgehead atoms. The summed E-state index contributed by atoms with van der Waals surface area (Å²) in [7, 11) is 0. The average Bonchev–Trinajstić information content (AvgIpc) is 3.04. The number of esters is 1. The molecule has 0 spiro atoms. The van der Waals surface area contributed by atoms with Gasteiger partial charge in [0, 0.05) is 6.07 Å². The van der Waals surface area contributed by atoms with Gasteiger partial charge in [0.15, 0.2) is 5.76 Å². The van der Waals surface area contributed by atoms with Gasteiger partial charge in [-0.05, 0) is 67.1 Å². The molecule has 0 saturated heterocycles. The third-order valence-electron chi connectivity index (χ3n) is 4.40. The Balaban J connectivity index is 1.52. The van der Waals surface area contributed by atoms with Gasteiger partial charge in [-0.2, -0.15) is 0 Å². The van der Waals surface area contributed by atoms with Crippen LogP contribution in [0.15, 0.2) is 72.5 Å². The number of carbonyl (C=O) groups is 2. The number of hydrogen-bond acceptors (Lipinski definition) is 5. The highest BCUT2D eigenvalue weighted by Gasteiger charge is 2.27. The van der Waals surface area contributed by atoms with Crippen LogP contribution in [-0.2, 0) is 0 Å². The Labute approximate surface area is 172 Å². The highest BCUT2D eigenvalue weighted by Crippen LogP contribution is 2.35. The van der Waals surface area contributed by atoms with E-state index >= 15 is 0 Å². The summed E-state index contributed by atoms with van der Waals surface area (Å²) in [5.41, 5.74) is 1.32. The highest BCUT2D eigenvalue weighted by atomic mass is 19.1. The molecule has 0 aromatic heterocycles. The van der Waals surface area contributed by atoms with Crippen molar-refractivity contribution in [1.29, 1.82) is 0 Å². The standard InChI is InChI=1S/C24H17FO5/c1-2-28-18-10-11-20-21(14-18)30-22(23(20)26)13-15-4-3-5-19(12-15)29-24(27)16-6-8-17(25)9-7-16/h3-14H,2H2,1H3/b22-13-. The van der Waals surface area contributed by atoms with Crippen LogP contribution in [0.3, 0.4) is 0 Å². The number of Topliss-reactive ketones (excluding diaryl/α,β-unsaturated/α-hetero) is 1. The summed E-state index contributed by atoms with van der Waals surface area (Å²) >= 11 is 0. The van der Waals surface area contributed by atoms with E-state index in [2.05, 4.69) is 0 Å². The minimum atomic E-state index is -0.608. The number of hydrogen-bond donors (Lipinski definition) is 0. The van der Waals surface area contributed by atoms with Crippen molar-refractivity contribution in [1.82, 2.24) is 0 Å². The van der Waals surface area contributed by atoms with Gasteiger partial charge in [-0.15, -0.1) is 0 Å². The van der Waals surface area contributed by atoms with E-state index in [9.17, 15) is 14.0 Å². The van der Waals surface area contributed by atoms with Crippen LogP contribution < -0.4 is 14.2 Å². The number of halogens is 1. The molecule has 150 valence electrons. The van der Waals surface area contributed by atoms with Crippen LogP contribution in [-0.4, -0.2) is 18.4 Å². The first-order valence-corrected chi connectivity index (χ1v) is 9.32. The zero-order valence-corrected chi connectivity index (χ0v) is 16.1.